The summed E-state index contributed by atoms with van der Waals surface area (Å²) < 4.78 is 0. The molecule has 102 valence electrons. The molecule has 2 aliphatic heterocycles. The van der Waals surface area contributed by atoms with E-state index in [4.69, 9.17) is 0 Å². The number of nitrogens with zero attached hydrogens (tertiary/aromatic N) is 2. The summed E-state index contributed by atoms with van der Waals surface area (Å²) in [5, 5.41) is 9.34. The first-order valence-corrected chi connectivity index (χ1v) is 6.68. The van der Waals surface area contributed by atoms with Crippen molar-refractivity contribution in [3.63, 3.8) is 0 Å². The van der Waals surface area contributed by atoms with Gasteiger partial charge in [-0.3, -0.25) is 0 Å². The largest absolute Gasteiger partial charge is 0.480 e. The van der Waals surface area contributed by atoms with Crippen LogP contribution in [-0.2, 0) is 4.79 Å². The maximum absolute atomic E-state index is 12.5. The molecule has 3 unspecified atom stereocenters. The second-order valence-electron chi connectivity index (χ2n) is 5.96. The zero-order valence-corrected chi connectivity index (χ0v) is 11.3. The lowest BCUT2D eigenvalue weighted by atomic mass is 10.00. The first-order chi connectivity index (χ1) is 8.36. The number of carboxylic acids is 1. The van der Waals surface area contributed by atoms with E-state index in [9.17, 15) is 14.7 Å². The number of carbonyl (C=O) groups is 2. The SMILES string of the molecule is CC1CC(C)N(C(=O)N2CCCC2(C)C(=O)O)C1. The van der Waals surface area contributed by atoms with E-state index < -0.39 is 11.5 Å². The van der Waals surface area contributed by atoms with Crippen LogP contribution >= 0.6 is 0 Å². The molecule has 2 heterocycles. The molecule has 18 heavy (non-hydrogen) atoms. The molecule has 0 bridgehead atoms. The Balaban J connectivity index is 2.16. The Labute approximate surface area is 108 Å². The number of carboxylic acid groups (broad SMARTS) is 1. The van der Waals surface area contributed by atoms with Crippen molar-refractivity contribution in [3.8, 4) is 0 Å². The number of hydrogen-bond donors (Lipinski definition) is 1. The third-order valence-corrected chi connectivity index (χ3v) is 4.36. The first-order valence-electron chi connectivity index (χ1n) is 6.68. The molecule has 0 spiro atoms. The van der Waals surface area contributed by atoms with Crippen molar-refractivity contribution in [2.75, 3.05) is 13.1 Å². The molecule has 2 fully saturated rings. The average molecular weight is 254 g/mol. The molecule has 1 N–H and O–H groups in total. The van der Waals surface area contributed by atoms with E-state index in [1.807, 2.05) is 11.8 Å². The topological polar surface area (TPSA) is 60.9 Å². The van der Waals surface area contributed by atoms with Crippen LogP contribution in [0.1, 0.15) is 40.0 Å². The molecule has 0 aromatic heterocycles. The lowest BCUT2D eigenvalue weighted by Gasteiger charge is -2.35. The smallest absolute Gasteiger partial charge is 0.329 e. The van der Waals surface area contributed by atoms with Gasteiger partial charge in [0.15, 0.2) is 0 Å². The first kappa shape index (κ1) is 13.2. The van der Waals surface area contributed by atoms with Crippen molar-refractivity contribution in [2.24, 2.45) is 5.92 Å². The van der Waals surface area contributed by atoms with Crippen molar-refractivity contribution in [1.29, 1.82) is 0 Å². The highest BCUT2D eigenvalue weighted by molar-refractivity contribution is 5.87. The summed E-state index contributed by atoms with van der Waals surface area (Å²) in [6.07, 6.45) is 2.32. The van der Waals surface area contributed by atoms with Crippen LogP contribution in [0.4, 0.5) is 4.79 Å². The van der Waals surface area contributed by atoms with Crippen LogP contribution in [0.3, 0.4) is 0 Å². The zero-order chi connectivity index (χ0) is 13.5. The predicted octanol–water partition coefficient (Wildman–Crippen LogP) is 1.78. The molecule has 2 saturated heterocycles. The van der Waals surface area contributed by atoms with E-state index in [-0.39, 0.29) is 12.1 Å². The van der Waals surface area contributed by atoms with Crippen molar-refractivity contribution in [3.05, 3.63) is 0 Å². The Morgan fingerprint density at radius 2 is 2.00 bits per heavy atom. The van der Waals surface area contributed by atoms with Gasteiger partial charge in [-0.2, -0.15) is 0 Å². The Morgan fingerprint density at radius 1 is 1.33 bits per heavy atom. The maximum Gasteiger partial charge on any atom is 0.329 e. The van der Waals surface area contributed by atoms with Crippen LogP contribution in [0.5, 0.6) is 0 Å². The number of hydrogen-bond acceptors (Lipinski definition) is 2. The number of likely N-dealkylation sites (tertiary alicyclic amines) is 2. The number of carbonyl (C=O) groups excluding carboxylic acids is 1. The van der Waals surface area contributed by atoms with Gasteiger partial charge in [-0.25, -0.2) is 9.59 Å². The van der Waals surface area contributed by atoms with E-state index in [1.54, 1.807) is 11.8 Å². The minimum absolute atomic E-state index is 0.103. The van der Waals surface area contributed by atoms with Gasteiger partial charge < -0.3 is 14.9 Å². The van der Waals surface area contributed by atoms with E-state index in [0.717, 1.165) is 19.4 Å². The highest BCUT2D eigenvalue weighted by Crippen LogP contribution is 2.32. The molecule has 2 amide bonds. The molecular weight excluding hydrogens is 232 g/mol. The molecule has 2 aliphatic rings. The second kappa shape index (κ2) is 4.44. The van der Waals surface area contributed by atoms with Gasteiger partial charge in [-0.1, -0.05) is 6.92 Å². The lowest BCUT2D eigenvalue weighted by Crippen LogP contribution is -2.55. The fourth-order valence-electron chi connectivity index (χ4n) is 3.21. The third-order valence-electron chi connectivity index (χ3n) is 4.36. The highest BCUT2D eigenvalue weighted by Gasteiger charge is 2.48. The van der Waals surface area contributed by atoms with Gasteiger partial charge in [-0.05, 0) is 39.0 Å². The van der Waals surface area contributed by atoms with Crippen LogP contribution < -0.4 is 0 Å². The van der Waals surface area contributed by atoms with Crippen LogP contribution in [0.25, 0.3) is 0 Å². The Morgan fingerprint density at radius 3 is 2.50 bits per heavy atom. The van der Waals surface area contributed by atoms with Gasteiger partial charge in [0, 0.05) is 19.1 Å². The number of amides is 2. The van der Waals surface area contributed by atoms with Gasteiger partial charge >= 0.3 is 12.0 Å². The van der Waals surface area contributed by atoms with Crippen LogP contribution in [0.2, 0.25) is 0 Å². The van der Waals surface area contributed by atoms with Crippen LogP contribution in [0.15, 0.2) is 0 Å². The average Bonchev–Trinajstić information content (AvgIpc) is 2.82. The lowest BCUT2D eigenvalue weighted by molar-refractivity contribution is -0.147. The number of aliphatic carboxylic acids is 1. The third kappa shape index (κ3) is 1.95. The predicted molar refractivity (Wildman–Crippen MR) is 67.3 cm³/mol. The molecular formula is C13H22N2O3. The van der Waals surface area contributed by atoms with Gasteiger partial charge in [0.05, 0.1) is 0 Å². The summed E-state index contributed by atoms with van der Waals surface area (Å²) in [5.74, 6) is -0.393. The molecule has 5 heteroatoms. The number of rotatable bonds is 1. The molecule has 0 radical (unpaired) electrons. The van der Waals surface area contributed by atoms with E-state index in [0.29, 0.717) is 18.9 Å². The van der Waals surface area contributed by atoms with Crippen molar-refractivity contribution >= 4 is 12.0 Å². The highest BCUT2D eigenvalue weighted by atomic mass is 16.4. The molecule has 0 aromatic rings. The summed E-state index contributed by atoms with van der Waals surface area (Å²) in [5.41, 5.74) is -1.03. The quantitative estimate of drug-likeness (QED) is 0.776. The van der Waals surface area contributed by atoms with Crippen LogP contribution in [0, 0.1) is 5.92 Å². The summed E-state index contributed by atoms with van der Waals surface area (Å²) in [7, 11) is 0. The van der Waals surface area contributed by atoms with Gasteiger partial charge in [0.25, 0.3) is 0 Å². The fourth-order valence-corrected chi connectivity index (χ4v) is 3.21. The minimum Gasteiger partial charge on any atom is -0.480 e. The fraction of sp³-hybridized carbons (Fsp3) is 0.846. The number of urea groups is 1. The summed E-state index contributed by atoms with van der Waals surface area (Å²) >= 11 is 0. The monoisotopic (exact) mass is 254 g/mol. The standard InChI is InChI=1S/C13H22N2O3/c1-9-7-10(2)14(8-9)12(18)15-6-4-5-13(15,3)11(16)17/h9-10H,4-8H2,1-3H3,(H,16,17). The van der Waals surface area contributed by atoms with E-state index >= 15 is 0 Å². The molecule has 0 aliphatic carbocycles. The zero-order valence-electron chi connectivity index (χ0n) is 11.3. The maximum atomic E-state index is 12.5. The normalized spacial score (nSPS) is 36.2. The molecule has 2 rings (SSSR count). The molecule has 0 aromatic carbocycles. The molecule has 5 nitrogen and oxygen atoms in total. The van der Waals surface area contributed by atoms with Crippen molar-refractivity contribution in [2.45, 2.75) is 51.6 Å². The Kier molecular flexibility index (Phi) is 3.25. The van der Waals surface area contributed by atoms with Gasteiger partial charge in [0.2, 0.25) is 0 Å². The molecule has 3 atom stereocenters. The van der Waals surface area contributed by atoms with E-state index in [1.165, 1.54) is 0 Å². The van der Waals surface area contributed by atoms with Gasteiger partial charge in [-0.15, -0.1) is 0 Å². The van der Waals surface area contributed by atoms with Crippen LogP contribution in [-0.4, -0.2) is 51.6 Å². The second-order valence-corrected chi connectivity index (χ2v) is 5.96. The molecule has 0 saturated carbocycles. The Hall–Kier alpha value is -1.26. The van der Waals surface area contributed by atoms with Crippen molar-refractivity contribution < 1.29 is 14.7 Å². The summed E-state index contributed by atoms with van der Waals surface area (Å²) in [6, 6.07) is 0.111. The van der Waals surface area contributed by atoms with E-state index in [2.05, 4.69) is 6.92 Å². The summed E-state index contributed by atoms with van der Waals surface area (Å²) in [6.45, 7) is 7.12. The summed E-state index contributed by atoms with van der Waals surface area (Å²) in [4.78, 5) is 27.3. The van der Waals surface area contributed by atoms with Crippen molar-refractivity contribution in [1.82, 2.24) is 9.80 Å². The minimum atomic E-state index is -1.03. The Bertz CT molecular complexity index is 371. The van der Waals surface area contributed by atoms with Gasteiger partial charge in [0.1, 0.15) is 5.54 Å².